The molecule has 2 heterocycles. The monoisotopic (exact) mass is 581 g/mol. The Bertz CT molecular complexity index is 917. The third kappa shape index (κ3) is 10.1. The van der Waals surface area contributed by atoms with Gasteiger partial charge < -0.3 is 24.8 Å². The molecule has 2 N–H and O–H groups in total. The number of nitrogens with zero attached hydrogens (tertiary/aromatic N) is 2. The lowest BCUT2D eigenvalue weighted by atomic mass is 9.92. The molecule has 1 saturated heterocycles. The second-order valence-corrected chi connectivity index (χ2v) is 12.1. The summed E-state index contributed by atoms with van der Waals surface area (Å²) in [5.41, 5.74) is 0.00257. The summed E-state index contributed by atoms with van der Waals surface area (Å²) in [7, 11) is 0. The molecule has 0 unspecified atom stereocenters. The molecule has 228 valence electrons. The van der Waals surface area contributed by atoms with Gasteiger partial charge in [-0.25, -0.2) is 9.78 Å². The van der Waals surface area contributed by atoms with Crippen LogP contribution in [-0.4, -0.2) is 70.7 Å². The fraction of sp³-hybridized carbons (Fsp3) is 0.800. The van der Waals surface area contributed by atoms with Crippen LogP contribution in [0.25, 0.3) is 0 Å². The average molecular weight is 582 g/mol. The maximum Gasteiger partial charge on any atom is 0.355 e. The second-order valence-electron chi connectivity index (χ2n) is 11.2. The maximum atomic E-state index is 14.4. The second kappa shape index (κ2) is 17.7. The standard InChI is InChI=1S/C30H51N3O6S/c1-7-10-11-13-16-33(29(35)26(21(6)8-2)32-27(34)24-15-12-14-17-39-24)23(20(4)5)18-25(38-9-3)28-31-22(19-40-28)30(36)37/h19-21,23-26H,7-18H2,1-6H3,(H,32,34)(H,36,37)/t21-,23+,24+,25+,26-/m0/s1. The first-order chi connectivity index (χ1) is 19.1. The summed E-state index contributed by atoms with van der Waals surface area (Å²) in [6.07, 6.45) is 6.93. The van der Waals surface area contributed by atoms with Crippen molar-refractivity contribution in [3.63, 3.8) is 0 Å². The predicted octanol–water partition coefficient (Wildman–Crippen LogP) is 5.84. The van der Waals surface area contributed by atoms with Crippen molar-refractivity contribution in [1.82, 2.24) is 15.2 Å². The lowest BCUT2D eigenvalue weighted by molar-refractivity contribution is -0.145. The van der Waals surface area contributed by atoms with Gasteiger partial charge in [-0.1, -0.05) is 60.3 Å². The predicted molar refractivity (Wildman–Crippen MR) is 158 cm³/mol. The van der Waals surface area contributed by atoms with Crippen molar-refractivity contribution < 1.29 is 29.0 Å². The zero-order valence-electron chi connectivity index (χ0n) is 25.3. The number of carbonyl (C=O) groups is 3. The van der Waals surface area contributed by atoms with E-state index in [0.717, 1.165) is 44.9 Å². The fourth-order valence-corrected chi connectivity index (χ4v) is 6.01. The number of carboxylic acids is 1. The van der Waals surface area contributed by atoms with Crippen molar-refractivity contribution in [3.05, 3.63) is 16.1 Å². The normalized spacial score (nSPS) is 18.6. The van der Waals surface area contributed by atoms with Gasteiger partial charge in [0.25, 0.3) is 0 Å². The van der Waals surface area contributed by atoms with E-state index in [1.165, 1.54) is 16.7 Å². The zero-order chi connectivity index (χ0) is 29.7. The number of amides is 2. The van der Waals surface area contributed by atoms with Crippen LogP contribution in [-0.2, 0) is 19.1 Å². The number of rotatable bonds is 18. The Kier molecular flexibility index (Phi) is 15.1. The topological polar surface area (TPSA) is 118 Å². The highest BCUT2D eigenvalue weighted by Crippen LogP contribution is 2.31. The minimum atomic E-state index is -1.07. The molecule has 1 aromatic rings. The van der Waals surface area contributed by atoms with Crippen LogP contribution in [0.3, 0.4) is 0 Å². The molecule has 0 aliphatic carbocycles. The summed E-state index contributed by atoms with van der Waals surface area (Å²) in [6, 6.07) is -0.836. The molecule has 1 aromatic heterocycles. The Morgan fingerprint density at radius 3 is 2.48 bits per heavy atom. The zero-order valence-corrected chi connectivity index (χ0v) is 26.1. The van der Waals surface area contributed by atoms with E-state index in [2.05, 4.69) is 31.1 Å². The number of aromatic nitrogens is 1. The van der Waals surface area contributed by atoms with Gasteiger partial charge in [-0.3, -0.25) is 9.59 Å². The van der Waals surface area contributed by atoms with Crippen molar-refractivity contribution in [2.75, 3.05) is 19.8 Å². The summed E-state index contributed by atoms with van der Waals surface area (Å²) >= 11 is 1.27. The van der Waals surface area contributed by atoms with Crippen molar-refractivity contribution in [3.8, 4) is 0 Å². The molecule has 2 amide bonds. The molecule has 0 bridgehead atoms. The van der Waals surface area contributed by atoms with Gasteiger partial charge in [0.1, 0.15) is 23.3 Å². The Morgan fingerprint density at radius 2 is 1.93 bits per heavy atom. The Labute approximate surface area is 244 Å². The van der Waals surface area contributed by atoms with Gasteiger partial charge in [-0.05, 0) is 44.4 Å². The van der Waals surface area contributed by atoms with Gasteiger partial charge >= 0.3 is 5.97 Å². The highest BCUT2D eigenvalue weighted by molar-refractivity contribution is 7.09. The number of unbranched alkanes of at least 4 members (excludes halogenated alkanes) is 3. The molecular weight excluding hydrogens is 530 g/mol. The lowest BCUT2D eigenvalue weighted by Crippen LogP contribution is -2.57. The Morgan fingerprint density at radius 1 is 1.18 bits per heavy atom. The molecular formula is C30H51N3O6S. The first kappa shape index (κ1) is 34.2. The number of carboxylic acid groups (broad SMARTS) is 1. The quantitative estimate of drug-likeness (QED) is 0.209. The summed E-state index contributed by atoms with van der Waals surface area (Å²) in [6.45, 7) is 13.9. The number of carbonyl (C=O) groups excluding carboxylic acids is 2. The van der Waals surface area contributed by atoms with Gasteiger partial charge in [-0.2, -0.15) is 0 Å². The van der Waals surface area contributed by atoms with Crippen LogP contribution < -0.4 is 5.32 Å². The number of ether oxygens (including phenoxy) is 2. The summed E-state index contributed by atoms with van der Waals surface area (Å²) in [4.78, 5) is 45.3. The summed E-state index contributed by atoms with van der Waals surface area (Å²) in [5.74, 6) is -1.30. The molecule has 1 aliphatic rings. The third-order valence-electron chi connectivity index (χ3n) is 7.79. The number of thiazole rings is 1. The molecule has 0 saturated carbocycles. The van der Waals surface area contributed by atoms with Gasteiger partial charge in [0.2, 0.25) is 11.8 Å². The van der Waals surface area contributed by atoms with E-state index in [-0.39, 0.29) is 35.4 Å². The molecule has 1 fully saturated rings. The number of nitrogens with one attached hydrogen (secondary N) is 1. The first-order valence-electron chi connectivity index (χ1n) is 15.2. The molecule has 9 nitrogen and oxygen atoms in total. The fourth-order valence-electron chi connectivity index (χ4n) is 5.16. The van der Waals surface area contributed by atoms with Crippen LogP contribution in [0.2, 0.25) is 0 Å². The molecule has 0 aromatic carbocycles. The van der Waals surface area contributed by atoms with E-state index in [0.29, 0.717) is 37.6 Å². The van der Waals surface area contributed by atoms with E-state index in [9.17, 15) is 19.5 Å². The number of hydrogen-bond acceptors (Lipinski definition) is 7. The largest absolute Gasteiger partial charge is 0.476 e. The van der Waals surface area contributed by atoms with Crippen molar-refractivity contribution >= 4 is 29.1 Å². The molecule has 2 rings (SSSR count). The van der Waals surface area contributed by atoms with Gasteiger partial charge in [0.15, 0.2) is 5.69 Å². The highest BCUT2D eigenvalue weighted by atomic mass is 32.1. The number of hydrogen-bond donors (Lipinski definition) is 2. The van der Waals surface area contributed by atoms with E-state index in [1.54, 1.807) is 0 Å². The van der Waals surface area contributed by atoms with Gasteiger partial charge in [-0.15, -0.1) is 11.3 Å². The van der Waals surface area contributed by atoms with Crippen LogP contribution in [0.4, 0.5) is 0 Å². The van der Waals surface area contributed by atoms with Crippen LogP contribution in [0.1, 0.15) is 121 Å². The van der Waals surface area contributed by atoms with E-state index in [4.69, 9.17) is 9.47 Å². The van der Waals surface area contributed by atoms with Crippen molar-refractivity contribution in [2.45, 2.75) is 124 Å². The highest BCUT2D eigenvalue weighted by Gasteiger charge is 2.37. The third-order valence-corrected chi connectivity index (χ3v) is 8.73. The first-order valence-corrected chi connectivity index (χ1v) is 16.0. The van der Waals surface area contributed by atoms with E-state index < -0.39 is 24.2 Å². The minimum absolute atomic E-state index is 0.00257. The minimum Gasteiger partial charge on any atom is -0.476 e. The summed E-state index contributed by atoms with van der Waals surface area (Å²) in [5, 5.41) is 14.6. The number of aromatic carboxylic acids is 1. The van der Waals surface area contributed by atoms with Crippen LogP contribution in [0.5, 0.6) is 0 Å². The van der Waals surface area contributed by atoms with Crippen molar-refractivity contribution in [1.29, 1.82) is 0 Å². The molecule has 10 heteroatoms. The molecule has 0 spiro atoms. The van der Waals surface area contributed by atoms with E-state index in [1.807, 2.05) is 25.7 Å². The Hall–Kier alpha value is -2.04. The van der Waals surface area contributed by atoms with Crippen LogP contribution in [0, 0.1) is 11.8 Å². The summed E-state index contributed by atoms with van der Waals surface area (Å²) < 4.78 is 11.8. The molecule has 40 heavy (non-hydrogen) atoms. The lowest BCUT2D eigenvalue weighted by Gasteiger charge is -2.40. The van der Waals surface area contributed by atoms with Gasteiger partial charge in [0, 0.05) is 37.6 Å². The van der Waals surface area contributed by atoms with Crippen LogP contribution >= 0.6 is 11.3 Å². The SMILES string of the molecule is CCCCCCN(C(=O)[C@@H](NC(=O)[C@H]1CCCCO1)[C@@H](C)CC)[C@H](C[C@@H](OCC)c1nc(C(=O)O)cs1)C(C)C. The van der Waals surface area contributed by atoms with Crippen molar-refractivity contribution in [2.24, 2.45) is 11.8 Å². The van der Waals surface area contributed by atoms with Gasteiger partial charge in [0.05, 0.1) is 0 Å². The maximum absolute atomic E-state index is 14.4. The smallest absolute Gasteiger partial charge is 0.355 e. The molecule has 5 atom stereocenters. The Balaban J connectivity index is 2.37. The van der Waals surface area contributed by atoms with E-state index >= 15 is 0 Å². The van der Waals surface area contributed by atoms with Crippen LogP contribution in [0.15, 0.2) is 5.38 Å². The molecule has 1 aliphatic heterocycles. The molecule has 0 radical (unpaired) electrons. The average Bonchev–Trinajstić information content (AvgIpc) is 3.45.